The standard InChI is InChI=1S/C19H19FN2O2/c1-19(2,3)21-17(23)16-14-6-4-5-7-15(14)18(24)22(16)13-10-8-12(20)9-11-13/h4-11,16H,1-3H3,(H,21,23). The normalized spacial score (nSPS) is 16.9. The molecule has 2 aromatic rings. The van der Waals surface area contributed by atoms with E-state index in [1.807, 2.05) is 20.8 Å². The Bertz CT molecular complexity index is 794. The van der Waals surface area contributed by atoms with Crippen molar-refractivity contribution in [3.05, 3.63) is 65.5 Å². The lowest BCUT2D eigenvalue weighted by atomic mass is 10.0. The van der Waals surface area contributed by atoms with Crippen LogP contribution >= 0.6 is 0 Å². The molecule has 2 aromatic carbocycles. The monoisotopic (exact) mass is 326 g/mol. The molecular weight excluding hydrogens is 307 g/mol. The summed E-state index contributed by atoms with van der Waals surface area (Å²) in [4.78, 5) is 27.1. The number of carbonyl (C=O) groups excluding carboxylic acids is 2. The van der Waals surface area contributed by atoms with Crippen LogP contribution in [0.1, 0.15) is 42.7 Å². The smallest absolute Gasteiger partial charge is 0.259 e. The Labute approximate surface area is 140 Å². The highest BCUT2D eigenvalue weighted by atomic mass is 19.1. The maximum absolute atomic E-state index is 13.2. The molecule has 24 heavy (non-hydrogen) atoms. The fourth-order valence-corrected chi connectivity index (χ4v) is 2.88. The quantitative estimate of drug-likeness (QED) is 0.919. The Morgan fingerprint density at radius 2 is 1.71 bits per heavy atom. The van der Waals surface area contributed by atoms with Gasteiger partial charge in [0, 0.05) is 16.8 Å². The minimum absolute atomic E-state index is 0.258. The van der Waals surface area contributed by atoms with Gasteiger partial charge in [0.05, 0.1) is 0 Å². The molecule has 5 heteroatoms. The van der Waals surface area contributed by atoms with Crippen molar-refractivity contribution in [2.45, 2.75) is 32.4 Å². The number of hydrogen-bond acceptors (Lipinski definition) is 2. The van der Waals surface area contributed by atoms with Gasteiger partial charge >= 0.3 is 0 Å². The molecule has 4 nitrogen and oxygen atoms in total. The molecule has 2 amide bonds. The summed E-state index contributed by atoms with van der Waals surface area (Å²) in [6.07, 6.45) is 0. The van der Waals surface area contributed by atoms with Crippen molar-refractivity contribution in [3.8, 4) is 0 Å². The number of benzene rings is 2. The number of nitrogens with zero attached hydrogens (tertiary/aromatic N) is 1. The summed E-state index contributed by atoms with van der Waals surface area (Å²) in [5, 5.41) is 2.93. The van der Waals surface area contributed by atoms with Gasteiger partial charge in [-0.2, -0.15) is 0 Å². The molecule has 0 radical (unpaired) electrons. The zero-order chi connectivity index (χ0) is 17.5. The lowest BCUT2D eigenvalue weighted by Gasteiger charge is -2.28. The van der Waals surface area contributed by atoms with E-state index in [2.05, 4.69) is 5.32 Å². The van der Waals surface area contributed by atoms with Crippen LogP contribution < -0.4 is 10.2 Å². The van der Waals surface area contributed by atoms with Gasteiger partial charge in [-0.15, -0.1) is 0 Å². The number of fused-ring (bicyclic) bond motifs is 1. The minimum atomic E-state index is -0.765. The molecule has 0 spiro atoms. The first-order valence-corrected chi connectivity index (χ1v) is 7.78. The molecule has 1 atom stereocenters. The summed E-state index contributed by atoms with van der Waals surface area (Å²) >= 11 is 0. The van der Waals surface area contributed by atoms with Crippen LogP contribution in [0.2, 0.25) is 0 Å². The number of hydrogen-bond donors (Lipinski definition) is 1. The molecule has 124 valence electrons. The maximum atomic E-state index is 13.2. The topological polar surface area (TPSA) is 49.4 Å². The highest BCUT2D eigenvalue weighted by Gasteiger charge is 2.42. The van der Waals surface area contributed by atoms with Gasteiger partial charge in [0.25, 0.3) is 5.91 Å². The Balaban J connectivity index is 2.07. The summed E-state index contributed by atoms with van der Waals surface area (Å²) in [7, 11) is 0. The summed E-state index contributed by atoms with van der Waals surface area (Å²) < 4.78 is 13.2. The second kappa shape index (κ2) is 5.74. The molecule has 3 rings (SSSR count). The van der Waals surface area contributed by atoms with Gasteiger partial charge in [0.15, 0.2) is 0 Å². The Hall–Kier alpha value is -2.69. The lowest BCUT2D eigenvalue weighted by Crippen LogP contribution is -2.47. The molecule has 1 heterocycles. The van der Waals surface area contributed by atoms with E-state index in [4.69, 9.17) is 0 Å². The van der Waals surface area contributed by atoms with E-state index in [9.17, 15) is 14.0 Å². The summed E-state index contributed by atoms with van der Waals surface area (Å²) in [5.74, 6) is -0.907. The van der Waals surface area contributed by atoms with Crippen LogP contribution in [0.15, 0.2) is 48.5 Å². The van der Waals surface area contributed by atoms with E-state index in [-0.39, 0.29) is 11.8 Å². The maximum Gasteiger partial charge on any atom is 0.259 e. The predicted octanol–water partition coefficient (Wildman–Crippen LogP) is 3.44. The van der Waals surface area contributed by atoms with E-state index in [1.165, 1.54) is 29.2 Å². The third-order valence-corrected chi connectivity index (χ3v) is 3.81. The van der Waals surface area contributed by atoms with Crippen LogP contribution in [0, 0.1) is 5.82 Å². The summed E-state index contributed by atoms with van der Waals surface area (Å²) in [6, 6.07) is 11.9. The zero-order valence-corrected chi connectivity index (χ0v) is 13.8. The van der Waals surface area contributed by atoms with Crippen LogP contribution in [-0.2, 0) is 4.79 Å². The molecule has 1 aliphatic rings. The molecule has 1 unspecified atom stereocenters. The van der Waals surface area contributed by atoms with E-state index >= 15 is 0 Å². The van der Waals surface area contributed by atoms with Crippen LogP contribution in [-0.4, -0.2) is 17.4 Å². The van der Waals surface area contributed by atoms with Crippen molar-refractivity contribution < 1.29 is 14.0 Å². The average Bonchev–Trinajstić information content (AvgIpc) is 2.80. The van der Waals surface area contributed by atoms with Crippen LogP contribution in [0.5, 0.6) is 0 Å². The summed E-state index contributed by atoms with van der Waals surface area (Å²) in [5.41, 5.74) is 1.22. The first-order chi connectivity index (χ1) is 11.3. The van der Waals surface area contributed by atoms with Crippen molar-refractivity contribution in [1.82, 2.24) is 5.32 Å². The van der Waals surface area contributed by atoms with Crippen LogP contribution in [0.25, 0.3) is 0 Å². The van der Waals surface area contributed by atoms with E-state index < -0.39 is 17.4 Å². The van der Waals surface area contributed by atoms with E-state index in [1.54, 1.807) is 24.3 Å². The molecule has 0 aromatic heterocycles. The average molecular weight is 326 g/mol. The lowest BCUT2D eigenvalue weighted by molar-refractivity contribution is -0.123. The molecule has 1 aliphatic heterocycles. The number of amides is 2. The molecule has 1 N–H and O–H groups in total. The Morgan fingerprint density at radius 1 is 1.08 bits per heavy atom. The molecule has 0 aliphatic carbocycles. The first kappa shape index (κ1) is 16.2. The van der Waals surface area contributed by atoms with Crippen LogP contribution in [0.4, 0.5) is 10.1 Å². The fraction of sp³-hybridized carbons (Fsp3) is 0.263. The van der Waals surface area contributed by atoms with Crippen molar-refractivity contribution >= 4 is 17.5 Å². The second-order valence-electron chi connectivity index (χ2n) is 6.88. The van der Waals surface area contributed by atoms with Gasteiger partial charge in [-0.25, -0.2) is 4.39 Å². The van der Waals surface area contributed by atoms with Gasteiger partial charge < -0.3 is 5.32 Å². The first-order valence-electron chi connectivity index (χ1n) is 7.78. The van der Waals surface area contributed by atoms with Gasteiger partial charge in [0.2, 0.25) is 5.91 Å². The van der Waals surface area contributed by atoms with Crippen molar-refractivity contribution in [2.75, 3.05) is 4.90 Å². The molecule has 0 saturated heterocycles. The van der Waals surface area contributed by atoms with Crippen molar-refractivity contribution in [3.63, 3.8) is 0 Å². The molecule has 0 fully saturated rings. The number of carbonyl (C=O) groups is 2. The third-order valence-electron chi connectivity index (χ3n) is 3.81. The highest BCUT2D eigenvalue weighted by molar-refractivity contribution is 6.15. The number of rotatable bonds is 2. The summed E-state index contributed by atoms with van der Waals surface area (Å²) in [6.45, 7) is 5.65. The Kier molecular flexibility index (Phi) is 3.87. The third kappa shape index (κ3) is 2.89. The van der Waals surface area contributed by atoms with E-state index in [0.717, 1.165) is 0 Å². The number of anilines is 1. The SMILES string of the molecule is CC(C)(C)NC(=O)C1c2ccccc2C(=O)N1c1ccc(F)cc1. The van der Waals surface area contributed by atoms with Gasteiger partial charge in [-0.1, -0.05) is 18.2 Å². The molecule has 0 saturated carbocycles. The van der Waals surface area contributed by atoms with Gasteiger partial charge in [-0.3, -0.25) is 14.5 Å². The zero-order valence-electron chi connectivity index (χ0n) is 13.8. The van der Waals surface area contributed by atoms with Gasteiger partial charge in [0.1, 0.15) is 11.9 Å². The number of nitrogens with one attached hydrogen (secondary N) is 1. The fourth-order valence-electron chi connectivity index (χ4n) is 2.88. The van der Waals surface area contributed by atoms with Crippen molar-refractivity contribution in [2.24, 2.45) is 0 Å². The Morgan fingerprint density at radius 3 is 2.33 bits per heavy atom. The van der Waals surface area contributed by atoms with E-state index in [0.29, 0.717) is 16.8 Å². The minimum Gasteiger partial charge on any atom is -0.349 e. The number of halogens is 1. The highest BCUT2D eigenvalue weighted by Crippen LogP contribution is 2.37. The van der Waals surface area contributed by atoms with Crippen LogP contribution in [0.3, 0.4) is 0 Å². The van der Waals surface area contributed by atoms with Crippen molar-refractivity contribution in [1.29, 1.82) is 0 Å². The molecular formula is C19H19FN2O2. The largest absolute Gasteiger partial charge is 0.349 e. The van der Waals surface area contributed by atoms with Gasteiger partial charge in [-0.05, 0) is 56.7 Å². The second-order valence-corrected chi connectivity index (χ2v) is 6.88. The molecule has 0 bridgehead atoms. The predicted molar refractivity (Wildman–Crippen MR) is 90.3 cm³/mol.